The van der Waals surface area contributed by atoms with Crippen LogP contribution in [0.2, 0.25) is 0 Å². The molecule has 1 aliphatic carbocycles. The molecule has 0 N–H and O–H groups in total. The molecule has 10 aromatic rings. The van der Waals surface area contributed by atoms with Crippen LogP contribution in [0.1, 0.15) is 25.0 Å². The van der Waals surface area contributed by atoms with Crippen LogP contribution in [-0.2, 0) is 5.41 Å². The number of benzene rings is 9. The minimum absolute atomic E-state index is 0.0474. The Bertz CT molecular complexity index is 3220. The molecule has 0 spiro atoms. The van der Waals surface area contributed by atoms with E-state index in [1.165, 1.54) is 66.1 Å². The maximum atomic E-state index is 5.36. The van der Waals surface area contributed by atoms with Crippen LogP contribution in [0.5, 0.6) is 0 Å². The van der Waals surface area contributed by atoms with Crippen molar-refractivity contribution in [2.45, 2.75) is 19.3 Å². The van der Waals surface area contributed by atoms with Gasteiger partial charge in [-0.25, -0.2) is 9.97 Å². The van der Waals surface area contributed by atoms with Gasteiger partial charge in [-0.05, 0) is 101 Å². The van der Waals surface area contributed by atoms with E-state index in [4.69, 9.17) is 9.97 Å². The summed E-state index contributed by atoms with van der Waals surface area (Å²) in [6.07, 6.45) is 0. The molecule has 57 heavy (non-hydrogen) atoms. The van der Waals surface area contributed by atoms with E-state index in [0.29, 0.717) is 5.82 Å². The van der Waals surface area contributed by atoms with E-state index in [2.05, 4.69) is 208 Å². The zero-order chi connectivity index (χ0) is 38.1. The molecular weight excluding hydrogens is 689 g/mol. The van der Waals surface area contributed by atoms with E-state index in [1.54, 1.807) is 0 Å². The Morgan fingerprint density at radius 3 is 1.77 bits per heavy atom. The van der Waals surface area contributed by atoms with Gasteiger partial charge in [-0.15, -0.1) is 0 Å². The van der Waals surface area contributed by atoms with E-state index in [-0.39, 0.29) is 5.41 Å². The first-order valence-electron chi connectivity index (χ1n) is 19.7. The van der Waals surface area contributed by atoms with Gasteiger partial charge in [0.15, 0.2) is 5.82 Å². The minimum Gasteiger partial charge on any atom is -0.228 e. The molecule has 1 aromatic heterocycles. The van der Waals surface area contributed by atoms with Gasteiger partial charge in [-0.2, -0.15) is 0 Å². The number of hydrogen-bond donors (Lipinski definition) is 0. The molecule has 2 nitrogen and oxygen atoms in total. The Balaban J connectivity index is 1.05. The van der Waals surface area contributed by atoms with Gasteiger partial charge in [-0.3, -0.25) is 0 Å². The highest BCUT2D eigenvalue weighted by molar-refractivity contribution is 6.05. The molecule has 0 bridgehead atoms. The van der Waals surface area contributed by atoms with Crippen LogP contribution in [0.15, 0.2) is 194 Å². The minimum atomic E-state index is -0.0474. The third-order valence-corrected chi connectivity index (χ3v) is 12.1. The van der Waals surface area contributed by atoms with Gasteiger partial charge in [0.1, 0.15) is 0 Å². The second-order valence-electron chi connectivity index (χ2n) is 15.8. The van der Waals surface area contributed by atoms with Crippen LogP contribution in [0.4, 0.5) is 0 Å². The van der Waals surface area contributed by atoms with Crippen molar-refractivity contribution in [3.63, 3.8) is 0 Å². The predicted molar refractivity (Wildman–Crippen MR) is 239 cm³/mol. The Morgan fingerprint density at radius 1 is 0.316 bits per heavy atom. The molecule has 268 valence electrons. The summed E-state index contributed by atoms with van der Waals surface area (Å²) in [5.74, 6) is 0.717. The lowest BCUT2D eigenvalue weighted by Gasteiger charge is -2.22. The smallest absolute Gasteiger partial charge is 0.161 e. The largest absolute Gasteiger partial charge is 0.228 e. The quantitative estimate of drug-likeness (QED) is 0.176. The van der Waals surface area contributed by atoms with Crippen molar-refractivity contribution in [2.24, 2.45) is 0 Å². The third-order valence-electron chi connectivity index (χ3n) is 12.1. The summed E-state index contributed by atoms with van der Waals surface area (Å²) in [4.78, 5) is 10.6. The number of aromatic nitrogens is 2. The normalized spacial score (nSPS) is 12.9. The summed E-state index contributed by atoms with van der Waals surface area (Å²) in [7, 11) is 0. The molecule has 2 heteroatoms. The third kappa shape index (κ3) is 5.48. The van der Waals surface area contributed by atoms with Crippen LogP contribution in [0, 0.1) is 0 Å². The zero-order valence-corrected chi connectivity index (χ0v) is 31.9. The molecule has 1 aliphatic rings. The molecule has 0 radical (unpaired) electrons. The Hall–Kier alpha value is -7.16. The van der Waals surface area contributed by atoms with Crippen molar-refractivity contribution in [3.05, 3.63) is 205 Å². The van der Waals surface area contributed by atoms with Crippen molar-refractivity contribution in [2.75, 3.05) is 0 Å². The van der Waals surface area contributed by atoms with Crippen molar-refractivity contribution >= 4 is 32.3 Å². The number of hydrogen-bond acceptors (Lipinski definition) is 2. The lowest BCUT2D eigenvalue weighted by molar-refractivity contribution is 0.660. The average molecular weight is 727 g/mol. The fraction of sp³-hybridized carbons (Fsp3) is 0.0545. The van der Waals surface area contributed by atoms with Crippen molar-refractivity contribution in [1.29, 1.82) is 0 Å². The van der Waals surface area contributed by atoms with E-state index in [1.807, 2.05) is 0 Å². The molecular formula is C55H38N2. The SMILES string of the molecule is CC1(C)c2ccccc2-c2ccc(-c3cccc(-c4ccc(-c5cc(-c6ccc7ccccc7c6)nc(-c6cccc7ccccc67)n5)c5ccccc45)c3)cc21. The van der Waals surface area contributed by atoms with Gasteiger partial charge >= 0.3 is 0 Å². The fourth-order valence-corrected chi connectivity index (χ4v) is 9.15. The Morgan fingerprint density at radius 2 is 0.895 bits per heavy atom. The molecule has 11 rings (SSSR count). The fourth-order valence-electron chi connectivity index (χ4n) is 9.15. The van der Waals surface area contributed by atoms with E-state index in [0.717, 1.165) is 38.9 Å². The summed E-state index contributed by atoms with van der Waals surface area (Å²) in [5.41, 5.74) is 15.2. The maximum absolute atomic E-state index is 5.36. The van der Waals surface area contributed by atoms with Gasteiger partial charge in [-0.1, -0.05) is 184 Å². The topological polar surface area (TPSA) is 25.8 Å². The monoisotopic (exact) mass is 726 g/mol. The molecule has 0 amide bonds. The van der Waals surface area contributed by atoms with E-state index >= 15 is 0 Å². The first-order chi connectivity index (χ1) is 28.0. The highest BCUT2D eigenvalue weighted by Crippen LogP contribution is 2.49. The van der Waals surface area contributed by atoms with Gasteiger partial charge in [0.25, 0.3) is 0 Å². The van der Waals surface area contributed by atoms with Crippen LogP contribution in [0.3, 0.4) is 0 Å². The number of nitrogens with zero attached hydrogens (tertiary/aromatic N) is 2. The van der Waals surface area contributed by atoms with Gasteiger partial charge < -0.3 is 0 Å². The summed E-state index contributed by atoms with van der Waals surface area (Å²) in [6.45, 7) is 4.69. The zero-order valence-electron chi connectivity index (χ0n) is 31.9. The molecule has 1 heterocycles. The van der Waals surface area contributed by atoms with Gasteiger partial charge in [0.05, 0.1) is 11.4 Å². The maximum Gasteiger partial charge on any atom is 0.161 e. The molecule has 0 saturated carbocycles. The summed E-state index contributed by atoms with van der Waals surface area (Å²) >= 11 is 0. The van der Waals surface area contributed by atoms with Gasteiger partial charge in [0.2, 0.25) is 0 Å². The van der Waals surface area contributed by atoms with Crippen LogP contribution in [0.25, 0.3) is 99.6 Å². The highest BCUT2D eigenvalue weighted by atomic mass is 14.9. The van der Waals surface area contributed by atoms with Crippen LogP contribution < -0.4 is 0 Å². The van der Waals surface area contributed by atoms with Crippen LogP contribution in [-0.4, -0.2) is 9.97 Å². The second-order valence-corrected chi connectivity index (χ2v) is 15.8. The summed E-state index contributed by atoms with van der Waals surface area (Å²) in [6, 6.07) is 70.3. The standard InChI is InChI=1S/C55H38N2/c1-55(2)50-24-10-9-22-46(50)47-28-27-39(33-51(47)55)38-17-11-18-40(31-38)43-29-30-48(45-21-8-7-20-44(43)45)53-34-52(41-26-25-35-13-3-4-15-37(35)32-41)56-54(57-53)49-23-12-16-36-14-5-6-19-42(36)49/h3-34H,1-2H3. The first kappa shape index (κ1) is 33.2. The van der Waals surface area contributed by atoms with Crippen molar-refractivity contribution < 1.29 is 0 Å². The molecule has 0 fully saturated rings. The molecule has 0 aliphatic heterocycles. The Kier molecular flexibility index (Phi) is 7.55. The van der Waals surface area contributed by atoms with Crippen molar-refractivity contribution in [3.8, 4) is 67.3 Å². The lowest BCUT2D eigenvalue weighted by Crippen LogP contribution is -2.14. The average Bonchev–Trinajstić information content (AvgIpc) is 3.50. The lowest BCUT2D eigenvalue weighted by atomic mass is 9.81. The Labute approximate surface area is 332 Å². The highest BCUT2D eigenvalue weighted by Gasteiger charge is 2.35. The molecule has 0 atom stereocenters. The van der Waals surface area contributed by atoms with E-state index < -0.39 is 0 Å². The van der Waals surface area contributed by atoms with Gasteiger partial charge in [0, 0.05) is 22.1 Å². The molecule has 9 aromatic carbocycles. The molecule has 0 saturated heterocycles. The number of fused-ring (bicyclic) bond motifs is 6. The second kappa shape index (κ2) is 13.0. The van der Waals surface area contributed by atoms with Crippen LogP contribution >= 0.6 is 0 Å². The van der Waals surface area contributed by atoms with Crippen molar-refractivity contribution in [1.82, 2.24) is 9.97 Å². The number of rotatable bonds is 5. The predicted octanol–water partition coefficient (Wildman–Crippen LogP) is 14.6. The first-order valence-corrected chi connectivity index (χ1v) is 19.7. The summed E-state index contributed by atoms with van der Waals surface area (Å²) < 4.78 is 0. The van der Waals surface area contributed by atoms with E-state index in [9.17, 15) is 0 Å². The molecule has 0 unspecified atom stereocenters. The summed E-state index contributed by atoms with van der Waals surface area (Å²) in [5, 5.41) is 7.05.